The van der Waals surface area contributed by atoms with Gasteiger partial charge in [0.05, 0.1) is 0 Å². The van der Waals surface area contributed by atoms with Crippen LogP contribution in [0, 0.1) is 0 Å². The maximum atomic E-state index is 4.05. The Kier molecular flexibility index (Phi) is 7.59. The average molecular weight is 350 g/mol. The second kappa shape index (κ2) is 9.18. The first kappa shape index (κ1) is 19.8. The van der Waals surface area contributed by atoms with Gasteiger partial charge in [0, 0.05) is 6.54 Å². The van der Waals surface area contributed by atoms with Gasteiger partial charge in [-0.15, -0.1) is 39.5 Å². The van der Waals surface area contributed by atoms with Crippen molar-refractivity contribution in [3.8, 4) is 0 Å². The third-order valence-electron chi connectivity index (χ3n) is 4.29. The zero-order valence-electron chi connectivity index (χ0n) is 14.4. The van der Waals surface area contributed by atoms with E-state index in [0.29, 0.717) is 0 Å². The summed E-state index contributed by atoms with van der Waals surface area (Å²) < 4.78 is 2.42. The van der Waals surface area contributed by atoms with Gasteiger partial charge in [0.15, 0.2) is 16.5 Å². The molecule has 0 radical (unpaired) electrons. The Morgan fingerprint density at radius 3 is 1.50 bits per heavy atom. The predicted octanol–water partition coefficient (Wildman–Crippen LogP) is 5.24. The maximum Gasteiger partial charge on any atom is 0.195 e. The third-order valence-corrected chi connectivity index (χ3v) is 12.8. The number of rotatable bonds is 11. The minimum atomic E-state index is -2.26. The van der Waals surface area contributed by atoms with Crippen molar-refractivity contribution in [2.24, 2.45) is 0 Å². The average Bonchev–Trinajstić information content (AvgIpc) is 2.65. The highest BCUT2D eigenvalue weighted by atomic mass is 28.4. The van der Waals surface area contributed by atoms with Gasteiger partial charge in [-0.05, 0) is 5.56 Å². The number of benzene rings is 1. The van der Waals surface area contributed by atoms with Crippen LogP contribution in [-0.4, -0.2) is 27.2 Å². The molecule has 0 saturated carbocycles. The van der Waals surface area contributed by atoms with E-state index in [2.05, 4.69) is 68.0 Å². The van der Waals surface area contributed by atoms with E-state index in [1.165, 1.54) is 5.56 Å². The van der Waals surface area contributed by atoms with Gasteiger partial charge < -0.3 is 4.23 Å². The van der Waals surface area contributed by atoms with Crippen LogP contribution in [0.4, 0.5) is 0 Å². The van der Waals surface area contributed by atoms with Crippen molar-refractivity contribution in [2.45, 2.75) is 0 Å². The largest absolute Gasteiger partial charge is 0.323 e. The highest BCUT2D eigenvalue weighted by Crippen LogP contribution is 2.25. The van der Waals surface area contributed by atoms with Crippen LogP contribution in [0.5, 0.6) is 0 Å². The molecule has 0 aliphatic carbocycles. The molecule has 0 amide bonds. The van der Waals surface area contributed by atoms with Crippen molar-refractivity contribution in [3.05, 3.63) is 116 Å². The molecule has 0 spiro atoms. The van der Waals surface area contributed by atoms with Crippen LogP contribution in [0.15, 0.2) is 110 Å². The Balaban J connectivity index is 3.30. The fraction of sp³-hybridized carbons (Fsp3) is 0.0476. The highest BCUT2D eigenvalue weighted by molar-refractivity contribution is 7.05. The van der Waals surface area contributed by atoms with E-state index in [-0.39, 0.29) is 0 Å². The van der Waals surface area contributed by atoms with Crippen LogP contribution in [0.2, 0.25) is 0 Å². The molecule has 0 atom stereocenters. The molecule has 1 nitrogen and oxygen atoms in total. The minimum absolute atomic E-state index is 0.738. The summed E-state index contributed by atoms with van der Waals surface area (Å²) in [6, 6.07) is 10.2. The van der Waals surface area contributed by atoms with E-state index in [9.17, 15) is 0 Å². The number of hydrogen-bond acceptors (Lipinski definition) is 1. The van der Waals surface area contributed by atoms with Crippen molar-refractivity contribution in [2.75, 3.05) is 6.54 Å². The van der Waals surface area contributed by atoms with Crippen molar-refractivity contribution in [1.29, 1.82) is 0 Å². The molecule has 3 heteroatoms. The topological polar surface area (TPSA) is 3.24 Å². The fourth-order valence-corrected chi connectivity index (χ4v) is 10.2. The molecule has 1 rings (SSSR count). The van der Waals surface area contributed by atoms with Crippen LogP contribution < -0.4 is 0 Å². The van der Waals surface area contributed by atoms with Crippen molar-refractivity contribution in [3.63, 3.8) is 0 Å². The SMILES string of the molecule is C=C[Si](C=C)(C=C)N(CC=Cc1ccccc1)[Si](C=C)(C=C)C=C. The Morgan fingerprint density at radius 1 is 0.708 bits per heavy atom. The summed E-state index contributed by atoms with van der Waals surface area (Å²) in [5.41, 5.74) is 13.1. The Bertz CT molecular complexity index is 568. The normalized spacial score (nSPS) is 11.9. The van der Waals surface area contributed by atoms with Gasteiger partial charge in [-0.2, -0.15) is 0 Å². The zero-order chi connectivity index (χ0) is 18.1. The van der Waals surface area contributed by atoms with E-state index >= 15 is 0 Å². The second-order valence-electron chi connectivity index (χ2n) is 5.42. The predicted molar refractivity (Wildman–Crippen MR) is 115 cm³/mol. The molecule has 0 aliphatic heterocycles. The maximum absolute atomic E-state index is 4.05. The fourth-order valence-electron chi connectivity index (χ4n) is 2.67. The van der Waals surface area contributed by atoms with Gasteiger partial charge in [0.1, 0.15) is 0 Å². The van der Waals surface area contributed by atoms with Crippen molar-refractivity contribution >= 4 is 22.5 Å². The summed E-state index contributed by atoms with van der Waals surface area (Å²) in [5.74, 6) is 0. The lowest BCUT2D eigenvalue weighted by Crippen LogP contribution is -2.63. The summed E-state index contributed by atoms with van der Waals surface area (Å²) in [7, 11) is -4.52. The first-order valence-electron chi connectivity index (χ1n) is 7.89. The first-order valence-corrected chi connectivity index (χ1v) is 12.2. The monoisotopic (exact) mass is 349 g/mol. The molecule has 24 heavy (non-hydrogen) atoms. The molecule has 0 aliphatic rings. The lowest BCUT2D eigenvalue weighted by atomic mass is 10.2. The molecule has 0 bridgehead atoms. The molecule has 0 saturated heterocycles. The molecular formula is C21H27NSi2. The molecule has 0 fully saturated rings. The van der Waals surface area contributed by atoms with E-state index in [1.54, 1.807) is 0 Å². The molecular weight excluding hydrogens is 322 g/mol. The minimum Gasteiger partial charge on any atom is -0.323 e. The smallest absolute Gasteiger partial charge is 0.195 e. The van der Waals surface area contributed by atoms with Crippen LogP contribution in [0.3, 0.4) is 0 Å². The Morgan fingerprint density at radius 2 is 1.12 bits per heavy atom. The Labute approximate surface area is 149 Å². The summed E-state index contributed by atoms with van der Waals surface area (Å²) in [6.45, 7) is 25.0. The van der Waals surface area contributed by atoms with Gasteiger partial charge in [0.25, 0.3) is 0 Å². The van der Waals surface area contributed by atoms with Crippen LogP contribution in [0.1, 0.15) is 5.56 Å². The summed E-state index contributed by atoms with van der Waals surface area (Å²) in [6.07, 6.45) is 4.28. The van der Waals surface area contributed by atoms with E-state index in [1.807, 2.05) is 52.4 Å². The van der Waals surface area contributed by atoms with Crippen LogP contribution in [-0.2, 0) is 0 Å². The summed E-state index contributed by atoms with van der Waals surface area (Å²) >= 11 is 0. The second-order valence-corrected chi connectivity index (χ2v) is 12.9. The summed E-state index contributed by atoms with van der Waals surface area (Å²) in [5, 5.41) is 0. The zero-order valence-corrected chi connectivity index (χ0v) is 16.4. The standard InChI is InChI=1S/C21H27NSi2/c1-7-23(8-2,9-3)22(24(10-4,11-5)12-6)20-16-19-21-17-14-13-15-18-21/h7-19H,1-6,20H2. The Hall–Kier alpha value is -2.21. The summed E-state index contributed by atoms with van der Waals surface area (Å²) in [4.78, 5) is 0. The van der Waals surface area contributed by atoms with Crippen molar-refractivity contribution < 1.29 is 0 Å². The van der Waals surface area contributed by atoms with Crippen LogP contribution in [0.25, 0.3) is 6.08 Å². The molecule has 0 heterocycles. The third kappa shape index (κ3) is 4.00. The van der Waals surface area contributed by atoms with Gasteiger partial charge in [-0.25, -0.2) is 0 Å². The molecule has 0 unspecified atom stereocenters. The van der Waals surface area contributed by atoms with E-state index in [0.717, 1.165) is 6.54 Å². The highest BCUT2D eigenvalue weighted by Gasteiger charge is 2.42. The molecule has 1 aromatic carbocycles. The van der Waals surface area contributed by atoms with Gasteiger partial charge in [0.2, 0.25) is 0 Å². The van der Waals surface area contributed by atoms with E-state index in [4.69, 9.17) is 0 Å². The van der Waals surface area contributed by atoms with Crippen LogP contribution >= 0.6 is 0 Å². The number of nitrogens with zero attached hydrogens (tertiary/aromatic N) is 1. The van der Waals surface area contributed by atoms with Gasteiger partial charge in [-0.3, -0.25) is 0 Å². The lowest BCUT2D eigenvalue weighted by molar-refractivity contribution is 0.721. The van der Waals surface area contributed by atoms with E-state index < -0.39 is 16.5 Å². The lowest BCUT2D eigenvalue weighted by Gasteiger charge is -2.44. The first-order chi connectivity index (χ1) is 11.6. The van der Waals surface area contributed by atoms with Crippen molar-refractivity contribution in [1.82, 2.24) is 4.23 Å². The molecule has 0 aromatic heterocycles. The molecule has 0 N–H and O–H groups in total. The molecule has 1 aromatic rings. The van der Waals surface area contributed by atoms with Gasteiger partial charge in [-0.1, -0.05) is 76.7 Å². The quantitative estimate of drug-likeness (QED) is 0.494. The van der Waals surface area contributed by atoms with Gasteiger partial charge >= 0.3 is 0 Å². The number of hydrogen-bond donors (Lipinski definition) is 0. The molecule has 124 valence electrons.